The van der Waals surface area contributed by atoms with Gasteiger partial charge in [-0.1, -0.05) is 18.2 Å². The van der Waals surface area contributed by atoms with Gasteiger partial charge in [0.25, 0.3) is 0 Å². The lowest BCUT2D eigenvalue weighted by Gasteiger charge is -2.12. The van der Waals surface area contributed by atoms with Gasteiger partial charge >= 0.3 is 12.3 Å². The normalized spacial score (nSPS) is 11.4. The molecule has 0 amide bonds. The smallest absolute Gasteiger partial charge is 0.417 e. The van der Waals surface area contributed by atoms with E-state index >= 15 is 0 Å². The van der Waals surface area contributed by atoms with Gasteiger partial charge in [-0.2, -0.15) is 23.4 Å². The second-order valence-electron chi connectivity index (χ2n) is 7.77. The molecule has 0 aliphatic carbocycles. The highest BCUT2D eigenvalue weighted by Gasteiger charge is 2.33. The lowest BCUT2D eigenvalue weighted by Crippen LogP contribution is -2.07. The molecular weight excluding hydrogens is 471 g/mol. The summed E-state index contributed by atoms with van der Waals surface area (Å²) >= 11 is 0. The summed E-state index contributed by atoms with van der Waals surface area (Å²) in [6.07, 6.45) is -0.912. The Morgan fingerprint density at radius 1 is 1.03 bits per heavy atom. The van der Waals surface area contributed by atoms with E-state index in [1.165, 1.54) is 6.07 Å². The minimum Gasteiger partial charge on any atom is -0.457 e. The molecule has 5 aromatic rings. The average molecular weight is 489 g/mol. The van der Waals surface area contributed by atoms with E-state index in [-0.39, 0.29) is 11.8 Å². The third kappa shape index (κ3) is 4.36. The van der Waals surface area contributed by atoms with Crippen molar-refractivity contribution >= 4 is 10.9 Å². The summed E-state index contributed by atoms with van der Waals surface area (Å²) in [5.41, 5.74) is 1.80. The highest BCUT2D eigenvalue weighted by molar-refractivity contribution is 5.96. The minimum atomic E-state index is -4.61. The molecule has 9 heteroatoms. The first-order valence-electron chi connectivity index (χ1n) is 11.0. The largest absolute Gasteiger partial charge is 0.457 e. The van der Waals surface area contributed by atoms with Gasteiger partial charge in [-0.05, 0) is 55.5 Å². The van der Waals surface area contributed by atoms with Crippen LogP contribution in [0, 0.1) is 11.3 Å². The fraction of sp³-hybridized carbons (Fsp3) is 0.111. The Balaban J connectivity index is 1.45. The van der Waals surface area contributed by atoms with Gasteiger partial charge in [0, 0.05) is 22.8 Å². The quantitative estimate of drug-likeness (QED) is 0.249. The predicted molar refractivity (Wildman–Crippen MR) is 126 cm³/mol. The highest BCUT2D eigenvalue weighted by Crippen LogP contribution is 2.36. The van der Waals surface area contributed by atoms with Crippen molar-refractivity contribution in [1.29, 1.82) is 5.26 Å². The number of aromatic nitrogens is 2. The molecule has 0 aliphatic rings. The Labute approximate surface area is 203 Å². The van der Waals surface area contributed by atoms with E-state index in [4.69, 9.17) is 19.2 Å². The van der Waals surface area contributed by atoms with Crippen molar-refractivity contribution in [2.45, 2.75) is 13.1 Å². The van der Waals surface area contributed by atoms with Crippen LogP contribution in [0.3, 0.4) is 0 Å². The number of halogens is 3. The van der Waals surface area contributed by atoms with Crippen molar-refractivity contribution in [2.75, 3.05) is 6.61 Å². The van der Waals surface area contributed by atoms with Crippen LogP contribution in [0.5, 0.6) is 17.6 Å². The van der Waals surface area contributed by atoms with E-state index in [1.807, 2.05) is 54.1 Å². The topological polar surface area (TPSA) is 73.2 Å². The number of rotatable bonds is 6. The molecule has 2 aromatic heterocycles. The van der Waals surface area contributed by atoms with Gasteiger partial charge in [-0.25, -0.2) is 0 Å². The van der Waals surface area contributed by atoms with Crippen LogP contribution in [0.25, 0.3) is 27.8 Å². The average Bonchev–Trinajstić information content (AvgIpc) is 3.49. The summed E-state index contributed by atoms with van der Waals surface area (Å²) < 4.78 is 57.6. The van der Waals surface area contributed by atoms with Crippen molar-refractivity contribution in [2.24, 2.45) is 0 Å². The number of fused-ring (bicyclic) bond motifs is 1. The second kappa shape index (κ2) is 9.15. The van der Waals surface area contributed by atoms with Gasteiger partial charge in [0.05, 0.1) is 29.3 Å². The molecule has 6 nitrogen and oxygen atoms in total. The summed E-state index contributed by atoms with van der Waals surface area (Å²) in [5.74, 6) is 0.550. The Morgan fingerprint density at radius 3 is 2.50 bits per heavy atom. The highest BCUT2D eigenvalue weighted by atomic mass is 19.4. The van der Waals surface area contributed by atoms with Gasteiger partial charge < -0.3 is 18.5 Å². The monoisotopic (exact) mass is 489 g/mol. The summed E-state index contributed by atoms with van der Waals surface area (Å²) in [7, 11) is 0. The van der Waals surface area contributed by atoms with Crippen molar-refractivity contribution in [3.05, 3.63) is 90.3 Å². The third-order valence-electron chi connectivity index (χ3n) is 5.51. The molecule has 36 heavy (non-hydrogen) atoms. The SMILES string of the molecule is CCOc1nc(-c2cn(-c3ccc(Oc4ccc(C(F)(F)F)c(C#N)c4)cc3)c3ccccc23)co1. The van der Waals surface area contributed by atoms with Crippen LogP contribution in [0.2, 0.25) is 0 Å². The molecule has 0 aliphatic heterocycles. The van der Waals surface area contributed by atoms with E-state index in [1.54, 1.807) is 24.5 Å². The summed E-state index contributed by atoms with van der Waals surface area (Å²) in [6, 6.07) is 19.6. The number of oxazole rings is 1. The Kier molecular flexibility index (Phi) is 5.86. The molecular formula is C27H18F3N3O3. The zero-order chi connectivity index (χ0) is 25.3. The molecule has 0 bridgehead atoms. The molecule has 0 saturated heterocycles. The van der Waals surface area contributed by atoms with Gasteiger partial charge in [-0.3, -0.25) is 0 Å². The Morgan fingerprint density at radius 2 is 1.78 bits per heavy atom. The Bertz CT molecular complexity index is 1580. The van der Waals surface area contributed by atoms with E-state index in [9.17, 15) is 13.2 Å². The summed E-state index contributed by atoms with van der Waals surface area (Å²) in [5, 5.41) is 10.1. The molecule has 180 valence electrons. The maximum absolute atomic E-state index is 13.0. The molecule has 0 spiro atoms. The van der Waals surface area contributed by atoms with Crippen molar-refractivity contribution in [3.8, 4) is 40.6 Å². The van der Waals surface area contributed by atoms with E-state index in [0.29, 0.717) is 18.1 Å². The minimum absolute atomic E-state index is 0.136. The molecule has 3 aromatic carbocycles. The van der Waals surface area contributed by atoms with Crippen LogP contribution in [-0.4, -0.2) is 16.2 Å². The molecule has 2 heterocycles. The van der Waals surface area contributed by atoms with Crippen LogP contribution < -0.4 is 9.47 Å². The van der Waals surface area contributed by atoms with Crippen LogP contribution in [0.15, 0.2) is 83.6 Å². The van der Waals surface area contributed by atoms with Crippen LogP contribution in [-0.2, 0) is 6.18 Å². The standard InChI is InChI=1S/C27H18F3N3O3/c1-2-34-26-32-24(16-35-26)22-15-33(25-6-4-3-5-21(22)25)18-7-9-19(10-8-18)36-20-11-12-23(27(28,29)30)17(13-20)14-31/h3-13,15-16H,2H2,1H3. The number of nitrogens with zero attached hydrogens (tertiary/aromatic N) is 3. The van der Waals surface area contributed by atoms with Crippen molar-refractivity contribution in [1.82, 2.24) is 9.55 Å². The molecule has 5 rings (SSSR count). The molecule has 0 radical (unpaired) electrons. The van der Waals surface area contributed by atoms with E-state index in [2.05, 4.69) is 4.98 Å². The van der Waals surface area contributed by atoms with Gasteiger partial charge in [0.2, 0.25) is 0 Å². The fourth-order valence-electron chi connectivity index (χ4n) is 3.91. The summed E-state index contributed by atoms with van der Waals surface area (Å²) in [4.78, 5) is 4.41. The lowest BCUT2D eigenvalue weighted by atomic mass is 10.1. The number of hydrogen-bond acceptors (Lipinski definition) is 5. The first-order valence-corrected chi connectivity index (χ1v) is 11.0. The summed E-state index contributed by atoms with van der Waals surface area (Å²) in [6.45, 7) is 2.30. The molecule has 0 atom stereocenters. The zero-order valence-electron chi connectivity index (χ0n) is 18.9. The van der Waals surface area contributed by atoms with Gasteiger partial charge in [0.15, 0.2) is 0 Å². The van der Waals surface area contributed by atoms with Gasteiger partial charge in [-0.15, -0.1) is 0 Å². The number of para-hydroxylation sites is 1. The lowest BCUT2D eigenvalue weighted by molar-refractivity contribution is -0.137. The predicted octanol–water partition coefficient (Wildman–Crippen LogP) is 7.37. The molecule has 0 fully saturated rings. The zero-order valence-corrected chi connectivity index (χ0v) is 18.9. The third-order valence-corrected chi connectivity index (χ3v) is 5.51. The van der Waals surface area contributed by atoms with Crippen molar-refractivity contribution in [3.63, 3.8) is 0 Å². The molecule has 0 unspecified atom stereocenters. The van der Waals surface area contributed by atoms with E-state index in [0.717, 1.165) is 34.3 Å². The number of alkyl halides is 3. The van der Waals surface area contributed by atoms with Crippen LogP contribution >= 0.6 is 0 Å². The number of hydrogen-bond donors (Lipinski definition) is 0. The molecule has 0 N–H and O–H groups in total. The number of benzene rings is 3. The second-order valence-corrected chi connectivity index (χ2v) is 7.77. The fourth-order valence-corrected chi connectivity index (χ4v) is 3.91. The Hall–Kier alpha value is -4.71. The molecule has 0 saturated carbocycles. The van der Waals surface area contributed by atoms with Crippen LogP contribution in [0.1, 0.15) is 18.1 Å². The van der Waals surface area contributed by atoms with E-state index < -0.39 is 17.3 Å². The number of ether oxygens (including phenoxy) is 2. The van der Waals surface area contributed by atoms with Gasteiger partial charge in [0.1, 0.15) is 23.5 Å². The van der Waals surface area contributed by atoms with Crippen LogP contribution in [0.4, 0.5) is 13.2 Å². The first-order chi connectivity index (χ1) is 17.4. The number of nitriles is 1. The first kappa shape index (κ1) is 23.1. The maximum Gasteiger partial charge on any atom is 0.417 e. The maximum atomic E-state index is 13.0. The van der Waals surface area contributed by atoms with Crippen molar-refractivity contribution < 1.29 is 27.1 Å².